The SMILES string of the molecule is O=C(O)/C=C/Cc1ccc(Cl)cc1Cl. The van der Waals surface area contributed by atoms with Crippen LogP contribution >= 0.6 is 23.2 Å². The Balaban J connectivity index is 2.73. The Morgan fingerprint density at radius 3 is 2.71 bits per heavy atom. The molecule has 0 saturated carbocycles. The van der Waals surface area contributed by atoms with Crippen LogP contribution in [-0.2, 0) is 11.2 Å². The first-order valence-electron chi connectivity index (χ1n) is 3.93. The van der Waals surface area contributed by atoms with Crippen LogP contribution in [0.4, 0.5) is 0 Å². The number of hydrogen-bond donors (Lipinski definition) is 1. The second kappa shape index (κ2) is 5.03. The molecule has 0 aliphatic rings. The lowest BCUT2D eigenvalue weighted by Crippen LogP contribution is -1.88. The Bertz CT molecular complexity index is 372. The van der Waals surface area contributed by atoms with Crippen molar-refractivity contribution in [2.45, 2.75) is 6.42 Å². The zero-order chi connectivity index (χ0) is 10.6. The highest BCUT2D eigenvalue weighted by Gasteiger charge is 1.98. The second-order valence-corrected chi connectivity index (χ2v) is 3.52. The van der Waals surface area contributed by atoms with Crippen LogP contribution in [0.15, 0.2) is 30.4 Å². The molecule has 0 fully saturated rings. The highest BCUT2D eigenvalue weighted by molar-refractivity contribution is 6.35. The highest BCUT2D eigenvalue weighted by Crippen LogP contribution is 2.21. The van der Waals surface area contributed by atoms with Gasteiger partial charge in [0.1, 0.15) is 0 Å². The molecule has 0 aromatic heterocycles. The van der Waals surface area contributed by atoms with E-state index in [1.165, 1.54) is 6.08 Å². The molecule has 0 bridgehead atoms. The van der Waals surface area contributed by atoms with Crippen molar-refractivity contribution in [1.82, 2.24) is 0 Å². The molecule has 0 saturated heterocycles. The van der Waals surface area contributed by atoms with Crippen molar-refractivity contribution in [2.75, 3.05) is 0 Å². The topological polar surface area (TPSA) is 37.3 Å². The molecular formula is C10H8Cl2O2. The molecule has 0 spiro atoms. The Kier molecular flexibility index (Phi) is 3.98. The van der Waals surface area contributed by atoms with Gasteiger partial charge in [-0.15, -0.1) is 0 Å². The van der Waals surface area contributed by atoms with Crippen molar-refractivity contribution in [2.24, 2.45) is 0 Å². The molecule has 0 heterocycles. The number of hydrogen-bond acceptors (Lipinski definition) is 1. The maximum absolute atomic E-state index is 10.2. The molecule has 1 aromatic rings. The van der Waals surface area contributed by atoms with Crippen LogP contribution in [0.5, 0.6) is 0 Å². The summed E-state index contributed by atoms with van der Waals surface area (Å²) in [7, 11) is 0. The molecule has 2 nitrogen and oxygen atoms in total. The van der Waals surface area contributed by atoms with Gasteiger partial charge in [-0.2, -0.15) is 0 Å². The second-order valence-electron chi connectivity index (χ2n) is 2.68. The largest absolute Gasteiger partial charge is 0.478 e. The van der Waals surface area contributed by atoms with Gasteiger partial charge in [0.05, 0.1) is 0 Å². The molecule has 4 heteroatoms. The quantitative estimate of drug-likeness (QED) is 0.811. The lowest BCUT2D eigenvalue weighted by molar-refractivity contribution is -0.131. The number of aliphatic carboxylic acids is 1. The summed E-state index contributed by atoms with van der Waals surface area (Å²) >= 11 is 11.6. The van der Waals surface area contributed by atoms with E-state index in [4.69, 9.17) is 28.3 Å². The molecule has 14 heavy (non-hydrogen) atoms. The fraction of sp³-hybridized carbons (Fsp3) is 0.100. The average Bonchev–Trinajstić information content (AvgIpc) is 2.08. The van der Waals surface area contributed by atoms with Gasteiger partial charge in [-0.1, -0.05) is 35.3 Å². The first-order valence-corrected chi connectivity index (χ1v) is 4.68. The molecule has 1 N–H and O–H groups in total. The maximum atomic E-state index is 10.2. The van der Waals surface area contributed by atoms with E-state index >= 15 is 0 Å². The summed E-state index contributed by atoms with van der Waals surface area (Å²) in [5, 5.41) is 9.48. The summed E-state index contributed by atoms with van der Waals surface area (Å²) in [4.78, 5) is 10.2. The van der Waals surface area contributed by atoms with Gasteiger partial charge in [-0.05, 0) is 24.1 Å². The van der Waals surface area contributed by atoms with Gasteiger partial charge < -0.3 is 5.11 Å². The van der Waals surface area contributed by atoms with Crippen molar-refractivity contribution in [3.05, 3.63) is 46.0 Å². The molecule has 0 unspecified atom stereocenters. The van der Waals surface area contributed by atoms with E-state index in [1.807, 2.05) is 0 Å². The van der Waals surface area contributed by atoms with Crippen molar-refractivity contribution in [3.63, 3.8) is 0 Å². The normalized spacial score (nSPS) is 10.7. The number of halogens is 2. The first kappa shape index (κ1) is 11.1. The van der Waals surface area contributed by atoms with E-state index in [0.717, 1.165) is 11.6 Å². The third-order valence-electron chi connectivity index (χ3n) is 1.61. The third-order valence-corrected chi connectivity index (χ3v) is 2.20. The fourth-order valence-electron chi connectivity index (χ4n) is 0.974. The number of carbonyl (C=O) groups is 1. The Hall–Kier alpha value is -0.990. The first-order chi connectivity index (χ1) is 6.59. The minimum absolute atomic E-state index is 0.488. The van der Waals surface area contributed by atoms with Crippen molar-refractivity contribution in [1.29, 1.82) is 0 Å². The predicted octanol–water partition coefficient (Wildman–Crippen LogP) is 3.18. The number of carboxylic acid groups (broad SMARTS) is 1. The molecule has 1 aromatic carbocycles. The van der Waals surface area contributed by atoms with Gasteiger partial charge in [0, 0.05) is 16.1 Å². The van der Waals surface area contributed by atoms with E-state index in [2.05, 4.69) is 0 Å². The fourth-order valence-corrected chi connectivity index (χ4v) is 1.46. The van der Waals surface area contributed by atoms with Crippen LogP contribution < -0.4 is 0 Å². The maximum Gasteiger partial charge on any atom is 0.327 e. The summed E-state index contributed by atoms with van der Waals surface area (Å²) < 4.78 is 0. The van der Waals surface area contributed by atoms with E-state index in [0.29, 0.717) is 16.5 Å². The molecule has 0 aliphatic heterocycles. The molecule has 74 valence electrons. The molecule has 0 radical (unpaired) electrons. The Morgan fingerprint density at radius 2 is 2.14 bits per heavy atom. The van der Waals surface area contributed by atoms with Gasteiger partial charge in [-0.3, -0.25) is 0 Å². The van der Waals surface area contributed by atoms with Crippen LogP contribution in [0.1, 0.15) is 5.56 Å². The van der Waals surface area contributed by atoms with Gasteiger partial charge in [0.15, 0.2) is 0 Å². The van der Waals surface area contributed by atoms with Crippen LogP contribution in [0.25, 0.3) is 0 Å². The van der Waals surface area contributed by atoms with Gasteiger partial charge in [-0.25, -0.2) is 4.79 Å². The average molecular weight is 231 g/mol. The van der Waals surface area contributed by atoms with E-state index < -0.39 is 5.97 Å². The smallest absolute Gasteiger partial charge is 0.327 e. The Labute approximate surface area is 91.8 Å². The summed E-state index contributed by atoms with van der Waals surface area (Å²) in [6, 6.07) is 5.13. The number of benzene rings is 1. The molecule has 0 amide bonds. The molecular weight excluding hydrogens is 223 g/mol. The van der Waals surface area contributed by atoms with Gasteiger partial charge in [0.2, 0.25) is 0 Å². The third kappa shape index (κ3) is 3.40. The lowest BCUT2D eigenvalue weighted by Gasteiger charge is -2.00. The van der Waals surface area contributed by atoms with E-state index in [9.17, 15) is 4.79 Å². The van der Waals surface area contributed by atoms with Crippen LogP contribution in [-0.4, -0.2) is 11.1 Å². The van der Waals surface area contributed by atoms with Crippen LogP contribution in [0, 0.1) is 0 Å². The minimum Gasteiger partial charge on any atom is -0.478 e. The molecule has 1 rings (SSSR count). The van der Waals surface area contributed by atoms with Crippen molar-refractivity contribution in [3.8, 4) is 0 Å². The standard InChI is InChI=1S/C10H8Cl2O2/c11-8-5-4-7(9(12)6-8)2-1-3-10(13)14/h1,3-6H,2H2,(H,13,14)/b3-1+. The summed E-state index contributed by atoms with van der Waals surface area (Å²) in [6.45, 7) is 0. The highest BCUT2D eigenvalue weighted by atomic mass is 35.5. The summed E-state index contributed by atoms with van der Waals surface area (Å²) in [6.07, 6.45) is 3.12. The zero-order valence-corrected chi connectivity index (χ0v) is 8.72. The van der Waals surface area contributed by atoms with Crippen molar-refractivity contribution < 1.29 is 9.90 Å². The summed E-state index contributed by atoms with van der Waals surface area (Å²) in [5.41, 5.74) is 0.855. The van der Waals surface area contributed by atoms with Gasteiger partial charge in [0.25, 0.3) is 0 Å². The zero-order valence-electron chi connectivity index (χ0n) is 7.21. The predicted molar refractivity (Wildman–Crippen MR) is 56.9 cm³/mol. The minimum atomic E-state index is -0.963. The lowest BCUT2D eigenvalue weighted by atomic mass is 10.1. The number of rotatable bonds is 3. The summed E-state index contributed by atoms with van der Waals surface area (Å²) in [5.74, 6) is -0.963. The molecule has 0 atom stereocenters. The monoisotopic (exact) mass is 230 g/mol. The van der Waals surface area contributed by atoms with E-state index in [1.54, 1.807) is 18.2 Å². The van der Waals surface area contributed by atoms with Crippen LogP contribution in [0.3, 0.4) is 0 Å². The van der Waals surface area contributed by atoms with Gasteiger partial charge >= 0.3 is 5.97 Å². The number of carboxylic acids is 1. The molecule has 0 aliphatic carbocycles. The van der Waals surface area contributed by atoms with E-state index in [-0.39, 0.29) is 0 Å². The van der Waals surface area contributed by atoms with Crippen molar-refractivity contribution >= 4 is 29.2 Å². The number of allylic oxidation sites excluding steroid dienone is 1. The van der Waals surface area contributed by atoms with Crippen LogP contribution in [0.2, 0.25) is 10.0 Å². The Morgan fingerprint density at radius 1 is 1.43 bits per heavy atom.